The summed E-state index contributed by atoms with van der Waals surface area (Å²) in [7, 11) is 0. The van der Waals surface area contributed by atoms with Crippen molar-refractivity contribution in [1.29, 1.82) is 0 Å². The Bertz CT molecular complexity index is 1080. The summed E-state index contributed by atoms with van der Waals surface area (Å²) in [4.78, 5) is 24.6. The summed E-state index contributed by atoms with van der Waals surface area (Å²) >= 11 is 1.63. The topological polar surface area (TPSA) is 56.5 Å². The summed E-state index contributed by atoms with van der Waals surface area (Å²) in [5.41, 5.74) is 5.20. The van der Waals surface area contributed by atoms with Crippen LogP contribution in [0.1, 0.15) is 46.6 Å². The van der Waals surface area contributed by atoms with Crippen LogP contribution in [0.5, 0.6) is 5.75 Å². The Labute approximate surface area is 148 Å². The minimum atomic E-state index is -0.254. The van der Waals surface area contributed by atoms with Crippen LogP contribution < -0.4 is 10.4 Å². The number of rotatable bonds is 1. The van der Waals surface area contributed by atoms with Crippen LogP contribution in [0.3, 0.4) is 0 Å². The van der Waals surface area contributed by atoms with Crippen molar-refractivity contribution in [3.63, 3.8) is 0 Å². The number of esters is 1. The molecule has 25 heavy (non-hydrogen) atoms. The molecule has 2 aliphatic rings. The Balaban J connectivity index is 1.88. The van der Waals surface area contributed by atoms with Gasteiger partial charge >= 0.3 is 11.6 Å². The lowest BCUT2D eigenvalue weighted by Gasteiger charge is -2.27. The predicted molar refractivity (Wildman–Crippen MR) is 95.7 cm³/mol. The summed E-state index contributed by atoms with van der Waals surface area (Å²) in [6.07, 6.45) is 2.84. The van der Waals surface area contributed by atoms with Crippen molar-refractivity contribution in [2.45, 2.75) is 38.5 Å². The van der Waals surface area contributed by atoms with Crippen molar-refractivity contribution in [3.8, 4) is 5.75 Å². The van der Waals surface area contributed by atoms with E-state index in [0.29, 0.717) is 17.8 Å². The summed E-state index contributed by atoms with van der Waals surface area (Å²) in [5.74, 6) is 0.369. The van der Waals surface area contributed by atoms with Gasteiger partial charge in [0.1, 0.15) is 11.3 Å². The smallest absolute Gasteiger partial charge is 0.339 e. The maximum absolute atomic E-state index is 12.3. The molecule has 1 atom stereocenters. The van der Waals surface area contributed by atoms with Gasteiger partial charge in [-0.3, -0.25) is 4.79 Å². The Morgan fingerprint density at radius 2 is 2.04 bits per heavy atom. The first-order valence-electron chi connectivity index (χ1n) is 8.48. The maximum atomic E-state index is 12.3. The molecule has 126 valence electrons. The number of ether oxygens (including phenoxy) is 1. The summed E-state index contributed by atoms with van der Waals surface area (Å²) < 4.78 is 11.3. The van der Waals surface area contributed by atoms with Crippen LogP contribution in [0.15, 0.2) is 32.1 Å². The van der Waals surface area contributed by atoms with Crippen molar-refractivity contribution >= 4 is 28.3 Å². The summed E-state index contributed by atoms with van der Waals surface area (Å²) in [5, 5.41) is 4.94. The second-order valence-corrected chi connectivity index (χ2v) is 7.58. The third kappa shape index (κ3) is 2.12. The van der Waals surface area contributed by atoms with Crippen LogP contribution in [0, 0.1) is 6.92 Å². The number of fused-ring (bicyclic) bond motifs is 5. The lowest BCUT2D eigenvalue weighted by Crippen LogP contribution is -2.22. The molecule has 0 unspecified atom stereocenters. The summed E-state index contributed by atoms with van der Waals surface area (Å²) in [6, 6.07) is 3.99. The van der Waals surface area contributed by atoms with Gasteiger partial charge in [-0.15, -0.1) is 0 Å². The zero-order valence-electron chi connectivity index (χ0n) is 13.8. The number of hydrogen-bond donors (Lipinski definition) is 0. The van der Waals surface area contributed by atoms with Gasteiger partial charge in [0.2, 0.25) is 0 Å². The van der Waals surface area contributed by atoms with Gasteiger partial charge in [-0.1, -0.05) is 0 Å². The van der Waals surface area contributed by atoms with Crippen LogP contribution in [0.2, 0.25) is 0 Å². The molecule has 3 heterocycles. The van der Waals surface area contributed by atoms with Crippen LogP contribution in [-0.2, 0) is 17.6 Å². The average Bonchev–Trinajstić information content (AvgIpc) is 3.25. The molecule has 0 amide bonds. The molecule has 0 fully saturated rings. The third-order valence-corrected chi connectivity index (χ3v) is 6.04. The summed E-state index contributed by atoms with van der Waals surface area (Å²) in [6.45, 7) is 1.99. The highest BCUT2D eigenvalue weighted by molar-refractivity contribution is 7.08. The fourth-order valence-corrected chi connectivity index (χ4v) is 4.98. The molecule has 4 nitrogen and oxygen atoms in total. The Kier molecular flexibility index (Phi) is 3.16. The van der Waals surface area contributed by atoms with Crippen LogP contribution >= 0.6 is 11.3 Å². The average molecular weight is 352 g/mol. The Hall–Kier alpha value is -2.40. The highest BCUT2D eigenvalue weighted by Gasteiger charge is 2.34. The van der Waals surface area contributed by atoms with E-state index < -0.39 is 0 Å². The molecule has 5 rings (SSSR count). The van der Waals surface area contributed by atoms with Crippen LogP contribution in [-0.4, -0.2) is 5.97 Å². The molecule has 0 spiro atoms. The van der Waals surface area contributed by atoms with E-state index in [1.54, 1.807) is 11.3 Å². The van der Waals surface area contributed by atoms with Crippen molar-refractivity contribution < 1.29 is 13.9 Å². The lowest BCUT2D eigenvalue weighted by molar-refractivity contribution is -0.135. The molecule has 1 aromatic carbocycles. The first-order valence-corrected chi connectivity index (χ1v) is 9.42. The van der Waals surface area contributed by atoms with E-state index in [1.165, 1.54) is 0 Å². The minimum absolute atomic E-state index is 0.00381. The van der Waals surface area contributed by atoms with E-state index in [2.05, 4.69) is 11.4 Å². The van der Waals surface area contributed by atoms with Crippen LogP contribution in [0.4, 0.5) is 0 Å². The SMILES string of the molecule is Cc1cc2oc(=O)c3c(c2c2c1[C@H](c1ccsc1)CC(=O)O2)CCC3. The zero-order chi connectivity index (χ0) is 17.1. The standard InChI is InChI=1S/C20H16O4S/c1-10-7-15-18(12-3-2-4-13(12)20(22)23-15)19-17(10)14(8-16(21)24-19)11-5-6-25-9-11/h5-7,9,14H,2-4,8H2,1H3/t14-/m0/s1. The Morgan fingerprint density at radius 1 is 1.20 bits per heavy atom. The van der Waals surface area contributed by atoms with Gasteiger partial charge < -0.3 is 9.15 Å². The highest BCUT2D eigenvalue weighted by atomic mass is 32.1. The molecule has 0 saturated carbocycles. The van der Waals surface area contributed by atoms with E-state index in [0.717, 1.165) is 52.5 Å². The molecule has 2 aromatic heterocycles. The Morgan fingerprint density at radius 3 is 2.84 bits per heavy atom. The van der Waals surface area contributed by atoms with Gasteiger partial charge in [0.05, 0.1) is 11.8 Å². The number of hydrogen-bond acceptors (Lipinski definition) is 5. The quantitative estimate of drug-likeness (QED) is 0.376. The maximum Gasteiger partial charge on any atom is 0.339 e. The fraction of sp³-hybridized carbons (Fsp3) is 0.300. The second-order valence-electron chi connectivity index (χ2n) is 6.80. The molecular formula is C20H16O4S. The van der Waals surface area contributed by atoms with Crippen LogP contribution in [0.25, 0.3) is 11.0 Å². The first-order chi connectivity index (χ1) is 12.1. The second kappa shape index (κ2) is 5.30. The molecule has 0 N–H and O–H groups in total. The normalized spacial score (nSPS) is 18.9. The van der Waals surface area contributed by atoms with Crippen molar-refractivity contribution in [2.24, 2.45) is 0 Å². The van der Waals surface area contributed by atoms with E-state index in [9.17, 15) is 9.59 Å². The molecule has 3 aromatic rings. The molecule has 1 aliphatic carbocycles. The first kappa shape index (κ1) is 14.9. The van der Waals surface area contributed by atoms with Crippen molar-refractivity contribution in [2.75, 3.05) is 0 Å². The van der Waals surface area contributed by atoms with Gasteiger partial charge in [-0.05, 0) is 65.8 Å². The molecule has 0 radical (unpaired) electrons. The molecule has 5 heteroatoms. The lowest BCUT2D eigenvalue weighted by atomic mass is 9.83. The minimum Gasteiger partial charge on any atom is -0.425 e. The van der Waals surface area contributed by atoms with Gasteiger partial charge in [0, 0.05) is 17.0 Å². The van der Waals surface area contributed by atoms with Crippen molar-refractivity contribution in [3.05, 3.63) is 61.1 Å². The fourth-order valence-electron chi connectivity index (χ4n) is 4.27. The van der Waals surface area contributed by atoms with E-state index in [4.69, 9.17) is 9.15 Å². The van der Waals surface area contributed by atoms with Gasteiger partial charge in [-0.25, -0.2) is 4.79 Å². The highest BCUT2D eigenvalue weighted by Crippen LogP contribution is 2.47. The number of carbonyl (C=O) groups excluding carboxylic acids is 1. The predicted octanol–water partition coefficient (Wildman–Crippen LogP) is 4.09. The number of aryl methyl sites for hydroxylation is 2. The molecular weight excluding hydrogens is 336 g/mol. The monoisotopic (exact) mass is 352 g/mol. The third-order valence-electron chi connectivity index (χ3n) is 5.34. The largest absolute Gasteiger partial charge is 0.425 e. The van der Waals surface area contributed by atoms with Gasteiger partial charge in [0.25, 0.3) is 0 Å². The molecule has 1 aliphatic heterocycles. The molecule has 0 saturated heterocycles. The number of thiophene rings is 1. The van der Waals surface area contributed by atoms with E-state index in [-0.39, 0.29) is 17.5 Å². The number of benzene rings is 1. The van der Waals surface area contributed by atoms with E-state index in [1.807, 2.05) is 18.4 Å². The van der Waals surface area contributed by atoms with Gasteiger partial charge in [-0.2, -0.15) is 11.3 Å². The number of carbonyl (C=O) groups is 1. The van der Waals surface area contributed by atoms with Gasteiger partial charge in [0.15, 0.2) is 0 Å². The zero-order valence-corrected chi connectivity index (χ0v) is 14.6. The van der Waals surface area contributed by atoms with E-state index >= 15 is 0 Å². The van der Waals surface area contributed by atoms with Crippen molar-refractivity contribution in [1.82, 2.24) is 0 Å². The molecule has 0 bridgehead atoms.